The van der Waals surface area contributed by atoms with Gasteiger partial charge in [-0.25, -0.2) is 8.78 Å². The van der Waals surface area contributed by atoms with Crippen molar-refractivity contribution in [3.05, 3.63) is 83.7 Å². The van der Waals surface area contributed by atoms with E-state index in [1.807, 2.05) is 6.92 Å². The van der Waals surface area contributed by atoms with Crippen LogP contribution in [0.15, 0.2) is 60.9 Å². The van der Waals surface area contributed by atoms with Gasteiger partial charge in [-0.1, -0.05) is 30.3 Å². The Hall–Kier alpha value is -3.02. The first-order chi connectivity index (χ1) is 11.6. The second-order valence-corrected chi connectivity index (χ2v) is 5.81. The number of hydrogen-bond donors (Lipinski definition) is 1. The first-order valence-corrected chi connectivity index (χ1v) is 7.50. The molecule has 1 aliphatic rings. The molecule has 0 spiro atoms. The van der Waals surface area contributed by atoms with Crippen molar-refractivity contribution in [1.29, 1.82) is 0 Å². The van der Waals surface area contributed by atoms with E-state index >= 15 is 0 Å². The molecule has 0 saturated carbocycles. The van der Waals surface area contributed by atoms with Crippen LogP contribution in [-0.4, -0.2) is 14.8 Å². The van der Waals surface area contributed by atoms with Crippen molar-refractivity contribution in [1.82, 2.24) is 14.8 Å². The van der Waals surface area contributed by atoms with E-state index in [2.05, 4.69) is 15.4 Å². The molecule has 1 N–H and O–H groups in total. The Labute approximate surface area is 137 Å². The predicted octanol–water partition coefficient (Wildman–Crippen LogP) is 3.79. The van der Waals surface area contributed by atoms with Crippen molar-refractivity contribution >= 4 is 11.6 Å². The molecule has 1 unspecified atom stereocenters. The Bertz CT molecular complexity index is 947. The fourth-order valence-electron chi connectivity index (χ4n) is 2.99. The number of nitrogens with one attached hydrogen (secondary N) is 1. The third-order valence-corrected chi connectivity index (χ3v) is 4.16. The lowest BCUT2D eigenvalue weighted by molar-refractivity contribution is 0.555. The number of anilines is 1. The molecule has 0 bridgehead atoms. The lowest BCUT2D eigenvalue weighted by atomic mass is 9.88. The van der Waals surface area contributed by atoms with Gasteiger partial charge in [0.25, 0.3) is 0 Å². The zero-order chi connectivity index (χ0) is 16.7. The molecule has 3 aromatic rings. The van der Waals surface area contributed by atoms with E-state index in [4.69, 9.17) is 0 Å². The highest BCUT2D eigenvalue weighted by Crippen LogP contribution is 2.37. The summed E-state index contributed by atoms with van der Waals surface area (Å²) in [6.45, 7) is 1.82. The summed E-state index contributed by atoms with van der Waals surface area (Å²) < 4.78 is 30.2. The minimum absolute atomic E-state index is 0.343. The van der Waals surface area contributed by atoms with Crippen molar-refractivity contribution in [2.45, 2.75) is 12.5 Å². The molecule has 4 nitrogen and oxygen atoms in total. The van der Waals surface area contributed by atoms with Crippen molar-refractivity contribution in [3.63, 3.8) is 0 Å². The van der Waals surface area contributed by atoms with Crippen molar-refractivity contribution in [2.24, 2.45) is 0 Å². The summed E-state index contributed by atoms with van der Waals surface area (Å²) in [4.78, 5) is 4.17. The molecule has 120 valence electrons. The highest BCUT2D eigenvalue weighted by Gasteiger charge is 2.34. The van der Waals surface area contributed by atoms with Gasteiger partial charge in [-0.05, 0) is 31.2 Å². The standard InChI is InChI=1S/C18H14F2N4/c1-18(13-7-3-5-9-15(13)20)10-16(12-6-2-4-8-14(12)19)24-17(23-18)21-11-22-24/h2-11H,1H3,(H,21,22,23). The van der Waals surface area contributed by atoms with Crippen LogP contribution in [0.3, 0.4) is 0 Å². The minimum atomic E-state index is -0.883. The van der Waals surface area contributed by atoms with Gasteiger partial charge in [0.15, 0.2) is 0 Å². The topological polar surface area (TPSA) is 42.7 Å². The zero-order valence-corrected chi connectivity index (χ0v) is 12.9. The average Bonchev–Trinajstić information content (AvgIpc) is 3.03. The molecule has 1 aliphatic heterocycles. The van der Waals surface area contributed by atoms with E-state index in [-0.39, 0.29) is 11.6 Å². The normalized spacial score (nSPS) is 19.4. The van der Waals surface area contributed by atoms with Crippen LogP contribution in [0.1, 0.15) is 18.1 Å². The van der Waals surface area contributed by atoms with Gasteiger partial charge >= 0.3 is 0 Å². The molecule has 0 fully saturated rings. The van der Waals surface area contributed by atoms with Crippen LogP contribution in [0.4, 0.5) is 14.7 Å². The highest BCUT2D eigenvalue weighted by molar-refractivity contribution is 5.73. The van der Waals surface area contributed by atoms with E-state index in [0.29, 0.717) is 22.8 Å². The summed E-state index contributed by atoms with van der Waals surface area (Å²) in [7, 11) is 0. The van der Waals surface area contributed by atoms with E-state index in [9.17, 15) is 8.78 Å². The van der Waals surface area contributed by atoms with Gasteiger partial charge in [0.2, 0.25) is 5.95 Å². The second-order valence-electron chi connectivity index (χ2n) is 5.81. The Balaban J connectivity index is 1.95. The first kappa shape index (κ1) is 14.6. The number of aromatic nitrogens is 3. The number of nitrogens with zero attached hydrogens (tertiary/aromatic N) is 3. The Morgan fingerprint density at radius 2 is 1.71 bits per heavy atom. The monoisotopic (exact) mass is 324 g/mol. The summed E-state index contributed by atoms with van der Waals surface area (Å²) in [6, 6.07) is 12.9. The van der Waals surface area contributed by atoms with Crippen LogP contribution >= 0.6 is 0 Å². The molecule has 0 amide bonds. The van der Waals surface area contributed by atoms with E-state index in [1.165, 1.54) is 23.1 Å². The Kier molecular flexibility index (Phi) is 3.19. The van der Waals surface area contributed by atoms with Crippen molar-refractivity contribution in [2.75, 3.05) is 5.32 Å². The van der Waals surface area contributed by atoms with E-state index in [1.54, 1.807) is 42.5 Å². The van der Waals surface area contributed by atoms with Crippen LogP contribution in [0.2, 0.25) is 0 Å². The fourth-order valence-corrected chi connectivity index (χ4v) is 2.99. The molecule has 0 aliphatic carbocycles. The molecular weight excluding hydrogens is 310 g/mol. The second kappa shape index (κ2) is 5.26. The van der Waals surface area contributed by atoms with Crippen LogP contribution < -0.4 is 5.32 Å². The molecule has 6 heteroatoms. The summed E-state index contributed by atoms with van der Waals surface area (Å²) in [6.07, 6.45) is 3.15. The molecular formula is C18H14F2N4. The third kappa shape index (κ3) is 2.19. The Morgan fingerprint density at radius 3 is 2.46 bits per heavy atom. The number of rotatable bonds is 2. The first-order valence-electron chi connectivity index (χ1n) is 7.50. The van der Waals surface area contributed by atoms with E-state index < -0.39 is 5.54 Å². The lowest BCUT2D eigenvalue weighted by Crippen LogP contribution is -2.36. The summed E-state index contributed by atoms with van der Waals surface area (Å²) in [5, 5.41) is 7.33. The largest absolute Gasteiger partial charge is 0.341 e. The van der Waals surface area contributed by atoms with Gasteiger partial charge < -0.3 is 5.32 Å². The maximum atomic E-state index is 14.3. The van der Waals surface area contributed by atoms with Crippen LogP contribution in [0.5, 0.6) is 0 Å². The summed E-state index contributed by atoms with van der Waals surface area (Å²) in [5.74, 6) is -0.283. The Morgan fingerprint density at radius 1 is 1.00 bits per heavy atom. The van der Waals surface area contributed by atoms with Crippen molar-refractivity contribution in [3.8, 4) is 0 Å². The quantitative estimate of drug-likeness (QED) is 0.780. The molecule has 4 rings (SSSR count). The average molecular weight is 324 g/mol. The zero-order valence-electron chi connectivity index (χ0n) is 12.9. The van der Waals surface area contributed by atoms with E-state index in [0.717, 1.165) is 0 Å². The molecule has 2 aromatic carbocycles. The lowest BCUT2D eigenvalue weighted by Gasteiger charge is -2.34. The number of halogens is 2. The number of benzene rings is 2. The molecule has 2 heterocycles. The molecule has 24 heavy (non-hydrogen) atoms. The molecule has 1 aromatic heterocycles. The highest BCUT2D eigenvalue weighted by atomic mass is 19.1. The van der Waals surface area contributed by atoms with Gasteiger partial charge in [0, 0.05) is 11.1 Å². The van der Waals surface area contributed by atoms with Gasteiger partial charge in [-0.3, -0.25) is 0 Å². The summed E-state index contributed by atoms with van der Waals surface area (Å²) in [5.41, 5.74) is 0.470. The third-order valence-electron chi connectivity index (χ3n) is 4.16. The van der Waals surface area contributed by atoms with Gasteiger partial charge in [0.05, 0.1) is 11.2 Å². The predicted molar refractivity (Wildman–Crippen MR) is 87.2 cm³/mol. The van der Waals surface area contributed by atoms with Crippen LogP contribution in [-0.2, 0) is 5.54 Å². The molecule has 0 saturated heterocycles. The van der Waals surface area contributed by atoms with Crippen molar-refractivity contribution < 1.29 is 8.78 Å². The number of hydrogen-bond acceptors (Lipinski definition) is 3. The maximum absolute atomic E-state index is 14.3. The van der Waals surface area contributed by atoms with Crippen LogP contribution in [0.25, 0.3) is 5.70 Å². The maximum Gasteiger partial charge on any atom is 0.226 e. The van der Waals surface area contributed by atoms with Crippen LogP contribution in [0, 0.1) is 11.6 Å². The molecule has 1 atom stereocenters. The number of fused-ring (bicyclic) bond motifs is 1. The SMILES string of the molecule is CC1(c2ccccc2F)C=C(c2ccccc2F)n2ncnc2N1. The summed E-state index contributed by atoms with van der Waals surface area (Å²) >= 11 is 0. The van der Waals surface area contributed by atoms with Gasteiger partial charge in [-0.15, -0.1) is 0 Å². The van der Waals surface area contributed by atoms with Gasteiger partial charge in [-0.2, -0.15) is 14.8 Å². The minimum Gasteiger partial charge on any atom is -0.341 e. The van der Waals surface area contributed by atoms with Gasteiger partial charge in [0.1, 0.15) is 18.0 Å². The smallest absolute Gasteiger partial charge is 0.226 e. The molecule has 0 radical (unpaired) electrons. The fraction of sp³-hybridized carbons (Fsp3) is 0.111.